The Morgan fingerprint density at radius 2 is 2.23 bits per heavy atom. The lowest BCUT2D eigenvalue weighted by Crippen LogP contribution is -2.37. The molecule has 1 unspecified atom stereocenters. The van der Waals surface area contributed by atoms with Crippen LogP contribution in [-0.2, 0) is 4.74 Å². The second-order valence-electron chi connectivity index (χ2n) is 3.48. The molecule has 1 saturated carbocycles. The maximum absolute atomic E-state index is 11.0. The van der Waals surface area contributed by atoms with Crippen LogP contribution >= 0.6 is 0 Å². The first-order valence-corrected chi connectivity index (χ1v) is 4.66. The van der Waals surface area contributed by atoms with E-state index in [9.17, 15) is 4.79 Å². The molecule has 3 nitrogen and oxygen atoms in total. The molecule has 1 rings (SSSR count). The first-order chi connectivity index (χ1) is 6.19. The van der Waals surface area contributed by atoms with E-state index in [1.807, 2.05) is 19.9 Å². The van der Waals surface area contributed by atoms with Crippen molar-refractivity contribution in [2.24, 2.45) is 5.92 Å². The highest BCUT2D eigenvalue weighted by Gasteiger charge is 2.33. The van der Waals surface area contributed by atoms with E-state index >= 15 is 0 Å². The van der Waals surface area contributed by atoms with Crippen molar-refractivity contribution in [2.45, 2.75) is 32.7 Å². The number of allylic oxidation sites excluding steroid dienone is 1. The molecule has 3 heteroatoms. The topological polar surface area (TPSA) is 38.3 Å². The number of nitrogens with one attached hydrogen (secondary N) is 1. The van der Waals surface area contributed by atoms with Gasteiger partial charge in [0.1, 0.15) is 0 Å². The molecule has 0 radical (unpaired) electrons. The Morgan fingerprint density at radius 3 is 2.62 bits per heavy atom. The van der Waals surface area contributed by atoms with E-state index < -0.39 is 0 Å². The first-order valence-electron chi connectivity index (χ1n) is 4.66. The minimum atomic E-state index is -0.335. The highest BCUT2D eigenvalue weighted by Crippen LogP contribution is 2.35. The van der Waals surface area contributed by atoms with E-state index in [1.54, 1.807) is 0 Å². The number of carbonyl (C=O) groups excluding carboxylic acids is 1. The number of ether oxygens (including phenoxy) is 1. The summed E-state index contributed by atoms with van der Waals surface area (Å²) in [6, 6.07) is 0.178. The van der Waals surface area contributed by atoms with Gasteiger partial charge in [0, 0.05) is 0 Å². The molecule has 0 aromatic rings. The van der Waals surface area contributed by atoms with Crippen molar-refractivity contribution in [1.82, 2.24) is 5.32 Å². The van der Waals surface area contributed by atoms with Gasteiger partial charge in [0.2, 0.25) is 0 Å². The van der Waals surface area contributed by atoms with Crippen molar-refractivity contribution >= 4 is 6.09 Å². The molecular weight excluding hydrogens is 166 g/mol. The molecule has 1 N–H and O–H groups in total. The van der Waals surface area contributed by atoms with Gasteiger partial charge in [-0.05, 0) is 32.6 Å². The lowest BCUT2D eigenvalue weighted by atomic mass is 10.0. The first kappa shape index (κ1) is 10.1. The molecule has 0 bridgehead atoms. The fraction of sp³-hybridized carbons (Fsp3) is 0.700. The third-order valence-corrected chi connectivity index (χ3v) is 2.50. The molecule has 0 spiro atoms. The molecule has 74 valence electrons. The van der Waals surface area contributed by atoms with Gasteiger partial charge >= 0.3 is 6.09 Å². The normalized spacial score (nSPS) is 19.5. The summed E-state index contributed by atoms with van der Waals surface area (Å²) in [4.78, 5) is 11.0. The molecule has 0 saturated heterocycles. The van der Waals surface area contributed by atoms with Crippen molar-refractivity contribution in [2.75, 3.05) is 7.11 Å². The average molecular weight is 183 g/mol. The summed E-state index contributed by atoms with van der Waals surface area (Å²) in [5.74, 6) is 0.621. The number of methoxy groups -OCH3 is 1. The van der Waals surface area contributed by atoms with Crippen LogP contribution in [-0.4, -0.2) is 19.2 Å². The summed E-state index contributed by atoms with van der Waals surface area (Å²) in [6.07, 6.45) is 4.12. The fourth-order valence-corrected chi connectivity index (χ4v) is 1.40. The van der Waals surface area contributed by atoms with Gasteiger partial charge in [-0.3, -0.25) is 0 Å². The molecule has 13 heavy (non-hydrogen) atoms. The van der Waals surface area contributed by atoms with E-state index in [0.29, 0.717) is 5.92 Å². The van der Waals surface area contributed by atoms with Crippen LogP contribution in [0, 0.1) is 5.92 Å². The molecule has 1 amide bonds. The van der Waals surface area contributed by atoms with Crippen LogP contribution in [0.15, 0.2) is 11.6 Å². The number of rotatable bonds is 3. The van der Waals surface area contributed by atoms with E-state index in [-0.39, 0.29) is 12.1 Å². The second kappa shape index (κ2) is 4.30. The van der Waals surface area contributed by atoms with Crippen LogP contribution in [0.25, 0.3) is 0 Å². The van der Waals surface area contributed by atoms with Gasteiger partial charge in [-0.1, -0.05) is 11.6 Å². The summed E-state index contributed by atoms with van der Waals surface area (Å²) in [7, 11) is 1.39. The molecule has 0 aromatic carbocycles. The van der Waals surface area contributed by atoms with E-state index in [0.717, 1.165) is 0 Å². The van der Waals surface area contributed by atoms with Gasteiger partial charge in [-0.2, -0.15) is 0 Å². The van der Waals surface area contributed by atoms with Gasteiger partial charge in [-0.25, -0.2) is 4.79 Å². The summed E-state index contributed by atoms with van der Waals surface area (Å²) >= 11 is 0. The maximum Gasteiger partial charge on any atom is 0.407 e. The van der Waals surface area contributed by atoms with Crippen molar-refractivity contribution in [3.63, 3.8) is 0 Å². The standard InChI is InChI=1S/C10H17NO2/c1-4-7(2)9(8-5-6-8)11-10(12)13-3/h4,8-9H,5-6H2,1-3H3,(H,11,12). The number of hydrogen-bond donors (Lipinski definition) is 1. The highest BCUT2D eigenvalue weighted by atomic mass is 16.5. The minimum absolute atomic E-state index is 0.178. The zero-order valence-corrected chi connectivity index (χ0v) is 8.46. The summed E-state index contributed by atoms with van der Waals surface area (Å²) in [5, 5.41) is 2.85. The van der Waals surface area contributed by atoms with E-state index in [1.165, 1.54) is 25.5 Å². The predicted molar refractivity (Wildman–Crippen MR) is 51.5 cm³/mol. The Bertz CT molecular complexity index is 219. The van der Waals surface area contributed by atoms with Gasteiger partial charge in [0.05, 0.1) is 13.2 Å². The van der Waals surface area contributed by atoms with Crippen LogP contribution in [0.3, 0.4) is 0 Å². The molecule has 1 aliphatic rings. The highest BCUT2D eigenvalue weighted by molar-refractivity contribution is 5.68. The lowest BCUT2D eigenvalue weighted by Gasteiger charge is -2.17. The van der Waals surface area contributed by atoms with E-state index in [4.69, 9.17) is 0 Å². The Morgan fingerprint density at radius 1 is 1.62 bits per heavy atom. The predicted octanol–water partition coefficient (Wildman–Crippen LogP) is 2.09. The number of alkyl carbamates (subject to hydrolysis) is 1. The van der Waals surface area contributed by atoms with Crippen molar-refractivity contribution in [3.05, 3.63) is 11.6 Å². The van der Waals surface area contributed by atoms with Crippen LogP contribution in [0.2, 0.25) is 0 Å². The zero-order valence-electron chi connectivity index (χ0n) is 8.46. The van der Waals surface area contributed by atoms with Gasteiger partial charge < -0.3 is 10.1 Å². The average Bonchev–Trinajstić information content (AvgIpc) is 2.95. The number of hydrogen-bond acceptors (Lipinski definition) is 2. The molecule has 1 aliphatic carbocycles. The van der Waals surface area contributed by atoms with Crippen LogP contribution in [0.5, 0.6) is 0 Å². The van der Waals surface area contributed by atoms with E-state index in [2.05, 4.69) is 10.1 Å². The third-order valence-electron chi connectivity index (χ3n) is 2.50. The summed E-state index contributed by atoms with van der Waals surface area (Å²) < 4.78 is 4.58. The second-order valence-corrected chi connectivity index (χ2v) is 3.48. The third kappa shape index (κ3) is 2.76. The number of carbonyl (C=O) groups is 1. The van der Waals surface area contributed by atoms with Crippen molar-refractivity contribution in [3.8, 4) is 0 Å². The van der Waals surface area contributed by atoms with Gasteiger partial charge in [0.15, 0.2) is 0 Å². The zero-order chi connectivity index (χ0) is 9.84. The Labute approximate surface area is 79.2 Å². The van der Waals surface area contributed by atoms with Crippen LogP contribution in [0.4, 0.5) is 4.79 Å². The maximum atomic E-state index is 11.0. The largest absolute Gasteiger partial charge is 0.453 e. The van der Waals surface area contributed by atoms with Crippen molar-refractivity contribution in [1.29, 1.82) is 0 Å². The molecule has 0 aliphatic heterocycles. The molecule has 0 aromatic heterocycles. The SMILES string of the molecule is CC=C(C)C(NC(=O)OC)C1CC1. The molecule has 1 fully saturated rings. The monoisotopic (exact) mass is 183 g/mol. The van der Waals surface area contributed by atoms with Crippen LogP contribution < -0.4 is 5.32 Å². The summed E-state index contributed by atoms with van der Waals surface area (Å²) in [5.41, 5.74) is 1.22. The molecular formula is C10H17NO2. The molecule has 1 atom stereocenters. The fourth-order valence-electron chi connectivity index (χ4n) is 1.40. The Hall–Kier alpha value is -0.990. The van der Waals surface area contributed by atoms with Crippen molar-refractivity contribution < 1.29 is 9.53 Å². The minimum Gasteiger partial charge on any atom is -0.453 e. The van der Waals surface area contributed by atoms with Gasteiger partial charge in [-0.15, -0.1) is 0 Å². The Balaban J connectivity index is 2.52. The number of amides is 1. The molecule has 0 heterocycles. The van der Waals surface area contributed by atoms with Crippen LogP contribution in [0.1, 0.15) is 26.7 Å². The lowest BCUT2D eigenvalue weighted by molar-refractivity contribution is 0.167. The van der Waals surface area contributed by atoms with Gasteiger partial charge in [0.25, 0.3) is 0 Å². The Kier molecular flexibility index (Phi) is 3.34. The quantitative estimate of drug-likeness (QED) is 0.680. The smallest absolute Gasteiger partial charge is 0.407 e. The summed E-state index contributed by atoms with van der Waals surface area (Å²) in [6.45, 7) is 4.03.